The fourth-order valence-electron chi connectivity index (χ4n) is 1.28. The van der Waals surface area contributed by atoms with Crippen LogP contribution in [-0.4, -0.2) is 13.1 Å². The van der Waals surface area contributed by atoms with E-state index in [0.29, 0.717) is 6.42 Å². The standard InChI is InChI=1S/C12H24N2/c1-5-11(2)9-14-10-12(3,4)7-6-8-13/h11,14H,5-7,9-10H2,1-4H3. The SMILES string of the molecule is CCC(C)CNCC(C)(C)CCC#N. The highest BCUT2D eigenvalue weighted by atomic mass is 14.9. The second-order valence-electron chi connectivity index (χ2n) is 4.97. The van der Waals surface area contributed by atoms with E-state index in [2.05, 4.69) is 39.1 Å². The third kappa shape index (κ3) is 6.91. The van der Waals surface area contributed by atoms with Gasteiger partial charge in [-0.15, -0.1) is 0 Å². The molecular formula is C12H24N2. The predicted molar refractivity (Wildman–Crippen MR) is 61.0 cm³/mol. The first-order chi connectivity index (χ1) is 6.52. The van der Waals surface area contributed by atoms with E-state index in [9.17, 15) is 0 Å². The van der Waals surface area contributed by atoms with Crippen molar-refractivity contribution in [3.63, 3.8) is 0 Å². The highest BCUT2D eigenvalue weighted by Gasteiger charge is 2.16. The molecule has 0 bridgehead atoms. The van der Waals surface area contributed by atoms with Gasteiger partial charge in [-0.2, -0.15) is 5.26 Å². The van der Waals surface area contributed by atoms with Crippen molar-refractivity contribution in [3.05, 3.63) is 0 Å². The largest absolute Gasteiger partial charge is 0.316 e. The molecule has 0 aliphatic rings. The molecular weight excluding hydrogens is 172 g/mol. The third-order valence-corrected chi connectivity index (χ3v) is 2.71. The van der Waals surface area contributed by atoms with Gasteiger partial charge in [0.05, 0.1) is 6.07 Å². The number of nitrogens with one attached hydrogen (secondary N) is 1. The maximum absolute atomic E-state index is 8.51. The van der Waals surface area contributed by atoms with Gasteiger partial charge < -0.3 is 5.32 Å². The van der Waals surface area contributed by atoms with E-state index in [4.69, 9.17) is 5.26 Å². The summed E-state index contributed by atoms with van der Waals surface area (Å²) in [5.41, 5.74) is 0.253. The van der Waals surface area contributed by atoms with Crippen LogP contribution in [0.2, 0.25) is 0 Å². The highest BCUT2D eigenvalue weighted by molar-refractivity contribution is 4.78. The molecule has 2 nitrogen and oxygen atoms in total. The number of hydrogen-bond acceptors (Lipinski definition) is 2. The minimum Gasteiger partial charge on any atom is -0.316 e. The number of rotatable bonds is 7. The summed E-state index contributed by atoms with van der Waals surface area (Å²) in [6.45, 7) is 11.0. The van der Waals surface area contributed by atoms with Crippen molar-refractivity contribution >= 4 is 0 Å². The van der Waals surface area contributed by atoms with E-state index in [0.717, 1.165) is 25.4 Å². The quantitative estimate of drug-likeness (QED) is 0.679. The maximum atomic E-state index is 8.51. The molecule has 0 aromatic rings. The van der Waals surface area contributed by atoms with E-state index < -0.39 is 0 Å². The summed E-state index contributed by atoms with van der Waals surface area (Å²) < 4.78 is 0. The van der Waals surface area contributed by atoms with Gasteiger partial charge in [0.1, 0.15) is 0 Å². The summed E-state index contributed by atoms with van der Waals surface area (Å²) in [4.78, 5) is 0. The van der Waals surface area contributed by atoms with Crippen molar-refractivity contribution in [2.24, 2.45) is 11.3 Å². The Hall–Kier alpha value is -0.550. The zero-order valence-corrected chi connectivity index (χ0v) is 10.1. The molecule has 82 valence electrons. The molecule has 14 heavy (non-hydrogen) atoms. The van der Waals surface area contributed by atoms with Crippen LogP contribution in [0.1, 0.15) is 47.0 Å². The second-order valence-corrected chi connectivity index (χ2v) is 4.97. The van der Waals surface area contributed by atoms with E-state index in [1.165, 1.54) is 6.42 Å². The number of nitriles is 1. The van der Waals surface area contributed by atoms with E-state index in [-0.39, 0.29) is 5.41 Å². The molecule has 1 N–H and O–H groups in total. The van der Waals surface area contributed by atoms with Crippen LogP contribution in [0.25, 0.3) is 0 Å². The van der Waals surface area contributed by atoms with Crippen LogP contribution in [0.15, 0.2) is 0 Å². The van der Waals surface area contributed by atoms with Crippen molar-refractivity contribution in [2.45, 2.75) is 47.0 Å². The van der Waals surface area contributed by atoms with Crippen LogP contribution in [0.3, 0.4) is 0 Å². The average Bonchev–Trinajstić information content (AvgIpc) is 2.14. The van der Waals surface area contributed by atoms with Gasteiger partial charge in [0, 0.05) is 13.0 Å². The summed E-state index contributed by atoms with van der Waals surface area (Å²) in [6.07, 6.45) is 2.88. The molecule has 0 aromatic carbocycles. The topological polar surface area (TPSA) is 35.8 Å². The Labute approximate surface area is 88.7 Å². The number of nitrogens with zero attached hydrogens (tertiary/aromatic N) is 1. The van der Waals surface area contributed by atoms with E-state index in [1.807, 2.05) is 0 Å². The first-order valence-corrected chi connectivity index (χ1v) is 5.59. The molecule has 0 heterocycles. The molecule has 1 unspecified atom stereocenters. The molecule has 0 rings (SSSR count). The molecule has 0 spiro atoms. The van der Waals surface area contributed by atoms with Crippen LogP contribution < -0.4 is 5.32 Å². The van der Waals surface area contributed by atoms with Crippen LogP contribution in [0, 0.1) is 22.7 Å². The third-order valence-electron chi connectivity index (χ3n) is 2.71. The fraction of sp³-hybridized carbons (Fsp3) is 0.917. The molecule has 0 fully saturated rings. The van der Waals surface area contributed by atoms with Gasteiger partial charge in [-0.3, -0.25) is 0 Å². The minimum atomic E-state index is 0.253. The molecule has 0 saturated heterocycles. The Bertz CT molecular complexity index is 179. The van der Waals surface area contributed by atoms with E-state index >= 15 is 0 Å². The maximum Gasteiger partial charge on any atom is 0.0621 e. The predicted octanol–water partition coefficient (Wildman–Crippen LogP) is 2.95. The lowest BCUT2D eigenvalue weighted by atomic mass is 9.88. The Morgan fingerprint density at radius 3 is 2.57 bits per heavy atom. The molecule has 0 saturated carbocycles. The average molecular weight is 196 g/mol. The summed E-state index contributed by atoms with van der Waals surface area (Å²) in [7, 11) is 0. The normalized spacial score (nSPS) is 13.6. The molecule has 2 heteroatoms. The Balaban J connectivity index is 3.60. The van der Waals surface area contributed by atoms with Crippen LogP contribution in [0.5, 0.6) is 0 Å². The summed E-state index contributed by atoms with van der Waals surface area (Å²) >= 11 is 0. The van der Waals surface area contributed by atoms with Gasteiger partial charge in [-0.1, -0.05) is 34.1 Å². The van der Waals surface area contributed by atoms with Crippen LogP contribution >= 0.6 is 0 Å². The Morgan fingerprint density at radius 2 is 2.07 bits per heavy atom. The second kappa shape index (κ2) is 6.84. The molecule has 0 aliphatic carbocycles. The molecule has 1 atom stereocenters. The van der Waals surface area contributed by atoms with Crippen LogP contribution in [0.4, 0.5) is 0 Å². The van der Waals surface area contributed by atoms with Crippen LogP contribution in [-0.2, 0) is 0 Å². The van der Waals surface area contributed by atoms with Crippen molar-refractivity contribution in [1.29, 1.82) is 5.26 Å². The summed E-state index contributed by atoms with van der Waals surface area (Å²) in [5.74, 6) is 0.752. The smallest absolute Gasteiger partial charge is 0.0621 e. The molecule has 0 aromatic heterocycles. The molecule has 0 radical (unpaired) electrons. The molecule has 0 amide bonds. The lowest BCUT2D eigenvalue weighted by Gasteiger charge is -2.24. The van der Waals surface area contributed by atoms with Gasteiger partial charge in [0.15, 0.2) is 0 Å². The number of hydrogen-bond donors (Lipinski definition) is 1. The van der Waals surface area contributed by atoms with Crippen molar-refractivity contribution in [3.8, 4) is 6.07 Å². The van der Waals surface area contributed by atoms with Gasteiger partial charge in [0.25, 0.3) is 0 Å². The Morgan fingerprint density at radius 1 is 1.43 bits per heavy atom. The zero-order valence-electron chi connectivity index (χ0n) is 10.1. The van der Waals surface area contributed by atoms with Gasteiger partial charge >= 0.3 is 0 Å². The highest BCUT2D eigenvalue weighted by Crippen LogP contribution is 2.20. The monoisotopic (exact) mass is 196 g/mol. The summed E-state index contributed by atoms with van der Waals surface area (Å²) in [5, 5.41) is 12.0. The first-order valence-electron chi connectivity index (χ1n) is 5.59. The van der Waals surface area contributed by atoms with E-state index in [1.54, 1.807) is 0 Å². The lowest BCUT2D eigenvalue weighted by molar-refractivity contribution is 0.308. The molecule has 0 aliphatic heterocycles. The minimum absolute atomic E-state index is 0.253. The van der Waals surface area contributed by atoms with Gasteiger partial charge in [-0.05, 0) is 24.3 Å². The van der Waals surface area contributed by atoms with Gasteiger partial charge in [-0.25, -0.2) is 0 Å². The van der Waals surface area contributed by atoms with Crippen molar-refractivity contribution in [2.75, 3.05) is 13.1 Å². The van der Waals surface area contributed by atoms with Crippen molar-refractivity contribution < 1.29 is 0 Å². The summed E-state index contributed by atoms with van der Waals surface area (Å²) in [6, 6.07) is 2.21. The fourth-order valence-corrected chi connectivity index (χ4v) is 1.28. The van der Waals surface area contributed by atoms with Crippen molar-refractivity contribution in [1.82, 2.24) is 5.32 Å². The zero-order chi connectivity index (χ0) is 11.0. The lowest BCUT2D eigenvalue weighted by Crippen LogP contribution is -2.32. The van der Waals surface area contributed by atoms with Gasteiger partial charge in [0.2, 0.25) is 0 Å². The Kier molecular flexibility index (Phi) is 6.57. The first kappa shape index (κ1) is 13.4.